The smallest absolute Gasteiger partial charge is 0.0691 e. The molecule has 1 fully saturated rings. The van der Waals surface area contributed by atoms with Crippen LogP contribution in [0.25, 0.3) is 0 Å². The molecule has 0 radical (unpaired) electrons. The van der Waals surface area contributed by atoms with Crippen LogP contribution in [0.15, 0.2) is 0 Å². The fourth-order valence-corrected chi connectivity index (χ4v) is 1.58. The Hall–Kier alpha value is -0.0800. The molecule has 11 heavy (non-hydrogen) atoms. The first-order valence-corrected chi connectivity index (χ1v) is 4.54. The maximum atomic E-state index is 9.90. The third-order valence-corrected chi connectivity index (χ3v) is 2.64. The molecule has 0 aromatic rings. The van der Waals surface area contributed by atoms with Crippen molar-refractivity contribution in [2.45, 2.75) is 51.2 Å². The molecule has 0 aliphatic carbocycles. The minimum Gasteiger partial charge on any atom is -0.390 e. The van der Waals surface area contributed by atoms with E-state index in [9.17, 15) is 5.11 Å². The Labute approximate surface area is 68.6 Å². The van der Waals surface area contributed by atoms with E-state index >= 15 is 0 Å². The minimum atomic E-state index is -0.432. The largest absolute Gasteiger partial charge is 0.390 e. The van der Waals surface area contributed by atoms with Gasteiger partial charge in [0.05, 0.1) is 11.7 Å². The number of rotatable bonds is 2. The van der Waals surface area contributed by atoms with Crippen molar-refractivity contribution in [2.24, 2.45) is 0 Å². The highest BCUT2D eigenvalue weighted by atomic mass is 16.5. The lowest BCUT2D eigenvalue weighted by atomic mass is 9.87. The molecular formula is C9H18O2. The number of hydrogen-bond donors (Lipinski definition) is 1. The monoisotopic (exact) mass is 158 g/mol. The quantitative estimate of drug-likeness (QED) is 0.663. The van der Waals surface area contributed by atoms with Gasteiger partial charge in [-0.05, 0) is 19.3 Å². The highest BCUT2D eigenvalue weighted by Gasteiger charge is 2.32. The molecule has 1 rings (SSSR count). The third kappa shape index (κ3) is 2.17. The first-order valence-electron chi connectivity index (χ1n) is 4.54. The summed E-state index contributed by atoms with van der Waals surface area (Å²) in [4.78, 5) is 0. The molecule has 0 amide bonds. The van der Waals surface area contributed by atoms with Crippen LogP contribution in [-0.2, 0) is 4.74 Å². The zero-order valence-corrected chi connectivity index (χ0v) is 7.47. The maximum absolute atomic E-state index is 9.90. The topological polar surface area (TPSA) is 29.5 Å². The van der Waals surface area contributed by atoms with Gasteiger partial charge in [0.25, 0.3) is 0 Å². The Morgan fingerprint density at radius 1 is 1.55 bits per heavy atom. The lowest BCUT2D eigenvalue weighted by Crippen LogP contribution is -2.39. The van der Waals surface area contributed by atoms with E-state index in [0.717, 1.165) is 32.3 Å². The van der Waals surface area contributed by atoms with E-state index in [1.165, 1.54) is 0 Å². The van der Waals surface area contributed by atoms with Crippen LogP contribution in [0.4, 0.5) is 0 Å². The fourth-order valence-electron chi connectivity index (χ4n) is 1.58. The molecule has 2 heteroatoms. The van der Waals surface area contributed by atoms with Crippen LogP contribution in [0.5, 0.6) is 0 Å². The van der Waals surface area contributed by atoms with E-state index in [4.69, 9.17) is 4.74 Å². The lowest BCUT2D eigenvalue weighted by molar-refractivity contribution is -0.105. The molecule has 0 saturated carbocycles. The molecule has 0 spiro atoms. The van der Waals surface area contributed by atoms with E-state index in [2.05, 4.69) is 6.92 Å². The predicted octanol–water partition coefficient (Wildman–Crippen LogP) is 1.72. The van der Waals surface area contributed by atoms with E-state index in [0.29, 0.717) is 0 Å². The molecule has 0 aromatic carbocycles. The molecule has 2 unspecified atom stereocenters. The normalized spacial score (nSPS) is 39.0. The summed E-state index contributed by atoms with van der Waals surface area (Å²) in [6.07, 6.45) is 3.78. The Kier molecular flexibility index (Phi) is 2.90. The minimum absolute atomic E-state index is 0.286. The summed E-state index contributed by atoms with van der Waals surface area (Å²) < 4.78 is 5.46. The van der Waals surface area contributed by atoms with Crippen LogP contribution in [0.3, 0.4) is 0 Å². The molecule has 0 aromatic heterocycles. The van der Waals surface area contributed by atoms with E-state index in [1.807, 2.05) is 6.92 Å². The van der Waals surface area contributed by atoms with Crippen molar-refractivity contribution in [2.75, 3.05) is 6.61 Å². The highest BCUT2D eigenvalue weighted by Crippen LogP contribution is 2.28. The van der Waals surface area contributed by atoms with Crippen LogP contribution in [0, 0.1) is 0 Å². The van der Waals surface area contributed by atoms with Crippen LogP contribution >= 0.6 is 0 Å². The van der Waals surface area contributed by atoms with Crippen molar-refractivity contribution in [1.82, 2.24) is 0 Å². The Bertz CT molecular complexity index is 125. The molecule has 66 valence electrons. The zero-order chi connectivity index (χ0) is 8.32. The van der Waals surface area contributed by atoms with Gasteiger partial charge in [-0.15, -0.1) is 0 Å². The van der Waals surface area contributed by atoms with Crippen molar-refractivity contribution in [1.29, 1.82) is 0 Å². The standard InChI is InChI=1S/C9H18O2/c1-3-8-7-9(10,4-2)5-6-11-8/h8,10H,3-7H2,1-2H3. The van der Waals surface area contributed by atoms with E-state index in [1.54, 1.807) is 0 Å². The van der Waals surface area contributed by atoms with Crippen molar-refractivity contribution < 1.29 is 9.84 Å². The van der Waals surface area contributed by atoms with Crippen molar-refractivity contribution >= 4 is 0 Å². The van der Waals surface area contributed by atoms with Gasteiger partial charge < -0.3 is 9.84 Å². The molecular weight excluding hydrogens is 140 g/mol. The highest BCUT2D eigenvalue weighted by molar-refractivity contribution is 4.83. The Morgan fingerprint density at radius 2 is 2.27 bits per heavy atom. The second-order valence-electron chi connectivity index (χ2n) is 3.43. The SMILES string of the molecule is CCC1CC(O)(CC)CCO1. The van der Waals surface area contributed by atoms with Gasteiger partial charge in [-0.1, -0.05) is 13.8 Å². The lowest BCUT2D eigenvalue weighted by Gasteiger charge is -2.35. The van der Waals surface area contributed by atoms with Gasteiger partial charge in [0, 0.05) is 13.0 Å². The second-order valence-corrected chi connectivity index (χ2v) is 3.43. The summed E-state index contributed by atoms with van der Waals surface area (Å²) in [5.74, 6) is 0. The maximum Gasteiger partial charge on any atom is 0.0691 e. The van der Waals surface area contributed by atoms with Crippen LogP contribution in [0.2, 0.25) is 0 Å². The molecule has 0 bridgehead atoms. The fraction of sp³-hybridized carbons (Fsp3) is 1.00. The third-order valence-electron chi connectivity index (χ3n) is 2.64. The van der Waals surface area contributed by atoms with Gasteiger partial charge in [0.15, 0.2) is 0 Å². The number of hydrogen-bond acceptors (Lipinski definition) is 2. The summed E-state index contributed by atoms with van der Waals surface area (Å²) in [5.41, 5.74) is -0.432. The predicted molar refractivity (Wildman–Crippen MR) is 44.5 cm³/mol. The average Bonchev–Trinajstić information content (AvgIpc) is 2.05. The molecule has 1 N–H and O–H groups in total. The first-order chi connectivity index (χ1) is 5.20. The van der Waals surface area contributed by atoms with Gasteiger partial charge in [-0.2, -0.15) is 0 Å². The Balaban J connectivity index is 2.44. The van der Waals surface area contributed by atoms with Crippen LogP contribution in [0.1, 0.15) is 39.5 Å². The van der Waals surface area contributed by atoms with E-state index in [-0.39, 0.29) is 6.10 Å². The molecule has 2 atom stereocenters. The van der Waals surface area contributed by atoms with Gasteiger partial charge in [-0.25, -0.2) is 0 Å². The molecule has 1 saturated heterocycles. The van der Waals surface area contributed by atoms with Crippen LogP contribution in [-0.4, -0.2) is 23.4 Å². The first kappa shape index (κ1) is 9.01. The second kappa shape index (κ2) is 3.55. The van der Waals surface area contributed by atoms with Crippen LogP contribution < -0.4 is 0 Å². The summed E-state index contributed by atoms with van der Waals surface area (Å²) in [5, 5.41) is 9.90. The average molecular weight is 158 g/mol. The molecule has 1 heterocycles. The van der Waals surface area contributed by atoms with E-state index < -0.39 is 5.60 Å². The summed E-state index contributed by atoms with van der Waals surface area (Å²) in [6.45, 7) is 4.87. The van der Waals surface area contributed by atoms with Crippen molar-refractivity contribution in [3.05, 3.63) is 0 Å². The van der Waals surface area contributed by atoms with Gasteiger partial charge in [-0.3, -0.25) is 0 Å². The summed E-state index contributed by atoms with van der Waals surface area (Å²) in [7, 11) is 0. The number of ether oxygens (including phenoxy) is 1. The van der Waals surface area contributed by atoms with Gasteiger partial charge in [0.1, 0.15) is 0 Å². The Morgan fingerprint density at radius 3 is 2.82 bits per heavy atom. The summed E-state index contributed by atoms with van der Waals surface area (Å²) >= 11 is 0. The van der Waals surface area contributed by atoms with Gasteiger partial charge in [0.2, 0.25) is 0 Å². The number of aliphatic hydroxyl groups is 1. The van der Waals surface area contributed by atoms with Crippen molar-refractivity contribution in [3.63, 3.8) is 0 Å². The molecule has 1 aliphatic heterocycles. The molecule has 2 nitrogen and oxygen atoms in total. The molecule has 1 aliphatic rings. The zero-order valence-electron chi connectivity index (χ0n) is 7.47. The summed E-state index contributed by atoms with van der Waals surface area (Å²) in [6, 6.07) is 0. The van der Waals surface area contributed by atoms with Gasteiger partial charge >= 0.3 is 0 Å². The van der Waals surface area contributed by atoms with Crippen molar-refractivity contribution in [3.8, 4) is 0 Å².